The summed E-state index contributed by atoms with van der Waals surface area (Å²) < 4.78 is 0. The molecule has 0 aliphatic carbocycles. The van der Waals surface area contributed by atoms with Gasteiger partial charge in [-0.3, -0.25) is 9.69 Å². The Labute approximate surface area is 158 Å². The third-order valence-electron chi connectivity index (χ3n) is 3.15. The van der Waals surface area contributed by atoms with Crippen LogP contribution in [0.25, 0.3) is 0 Å². The van der Waals surface area contributed by atoms with Gasteiger partial charge in [0.25, 0.3) is 0 Å². The van der Waals surface area contributed by atoms with E-state index in [-0.39, 0.29) is 37.3 Å². The van der Waals surface area contributed by atoms with Crippen LogP contribution >= 0.6 is 24.8 Å². The Kier molecular flexibility index (Phi) is 10.7. The van der Waals surface area contributed by atoms with E-state index in [9.17, 15) is 4.79 Å². The summed E-state index contributed by atoms with van der Waals surface area (Å²) in [4.78, 5) is 17.5. The predicted molar refractivity (Wildman–Crippen MR) is 99.3 cm³/mol. The van der Waals surface area contributed by atoms with Crippen LogP contribution in [0.2, 0.25) is 0 Å². The number of hydrogen-bond donors (Lipinski definition) is 2. The van der Waals surface area contributed by atoms with E-state index in [1.165, 1.54) is 11.1 Å². The van der Waals surface area contributed by atoms with Crippen LogP contribution in [0.1, 0.15) is 5.56 Å². The Morgan fingerprint density at radius 1 is 1.24 bits per heavy atom. The Morgan fingerprint density at radius 3 is 2.68 bits per heavy atom. The van der Waals surface area contributed by atoms with Crippen LogP contribution in [0.5, 0.6) is 0 Å². The van der Waals surface area contributed by atoms with Crippen LogP contribution in [-0.4, -0.2) is 41.5 Å². The summed E-state index contributed by atoms with van der Waals surface area (Å²) in [5.41, 5.74) is 0.509. The van der Waals surface area contributed by atoms with Crippen molar-refractivity contribution in [2.45, 2.75) is 6.04 Å². The van der Waals surface area contributed by atoms with E-state index < -0.39 is 6.04 Å². The summed E-state index contributed by atoms with van der Waals surface area (Å²) in [5.74, 6) is 0.513. The number of hydrogen-bond acceptors (Lipinski definition) is 6. The number of anilines is 1. The van der Waals surface area contributed by atoms with Gasteiger partial charge in [-0.15, -0.1) is 24.8 Å². The monoisotopic (exact) mass is 380 g/mol. The summed E-state index contributed by atoms with van der Waals surface area (Å²) in [6, 6.07) is 6.93. The smallest absolute Gasteiger partial charge is 0.241 e. The van der Waals surface area contributed by atoms with Gasteiger partial charge in [-0.05, 0) is 24.3 Å². The molecule has 9 heteroatoms. The Hall–Kier alpha value is -2.58. The second-order valence-electron chi connectivity index (χ2n) is 4.75. The van der Waals surface area contributed by atoms with Crippen molar-refractivity contribution in [2.24, 2.45) is 0 Å². The van der Waals surface area contributed by atoms with Crippen LogP contribution in [0.3, 0.4) is 0 Å². The molecule has 1 amide bonds. The minimum atomic E-state index is -0.546. The minimum Gasteiger partial charge on any atom is -0.369 e. The number of carbonyl (C=O) groups excluding carboxylic acids is 1. The Balaban J connectivity index is 0.00000288. The average molecular weight is 381 g/mol. The van der Waals surface area contributed by atoms with Gasteiger partial charge in [0, 0.05) is 25.5 Å². The fraction of sp³-hybridized carbons (Fsp3) is 0.250. The number of halogens is 2. The number of allylic oxidation sites excluding steroid dienone is 2. The first-order valence-electron chi connectivity index (χ1n) is 7.11. The molecule has 0 aromatic carbocycles. The second kappa shape index (κ2) is 11.9. The first-order valence-corrected chi connectivity index (χ1v) is 7.11. The van der Waals surface area contributed by atoms with Crippen molar-refractivity contribution in [3.8, 4) is 12.1 Å². The van der Waals surface area contributed by atoms with E-state index in [4.69, 9.17) is 10.5 Å². The molecule has 1 aliphatic rings. The molecule has 1 atom stereocenters. The van der Waals surface area contributed by atoms with E-state index in [1.807, 2.05) is 6.07 Å². The predicted octanol–water partition coefficient (Wildman–Crippen LogP) is 1.60. The molecule has 0 fully saturated rings. The van der Waals surface area contributed by atoms with Gasteiger partial charge in [0.05, 0.1) is 18.2 Å². The van der Waals surface area contributed by atoms with Crippen LogP contribution in [0.15, 0.2) is 42.8 Å². The number of nitrogens with zero attached hydrogens (tertiary/aromatic N) is 4. The summed E-state index contributed by atoms with van der Waals surface area (Å²) in [6.45, 7) is 1.31. The molecule has 2 heterocycles. The average Bonchev–Trinajstić information content (AvgIpc) is 2.61. The Morgan fingerprint density at radius 2 is 2.04 bits per heavy atom. The molecule has 0 bridgehead atoms. The van der Waals surface area contributed by atoms with E-state index in [0.29, 0.717) is 24.5 Å². The van der Waals surface area contributed by atoms with Crippen LogP contribution < -0.4 is 10.6 Å². The second-order valence-corrected chi connectivity index (χ2v) is 4.75. The number of aromatic nitrogens is 1. The molecule has 1 aromatic rings. The van der Waals surface area contributed by atoms with E-state index >= 15 is 0 Å². The largest absolute Gasteiger partial charge is 0.369 e. The molecule has 2 N–H and O–H groups in total. The van der Waals surface area contributed by atoms with Gasteiger partial charge < -0.3 is 10.6 Å². The van der Waals surface area contributed by atoms with E-state index in [0.717, 1.165) is 0 Å². The van der Waals surface area contributed by atoms with Crippen molar-refractivity contribution in [1.29, 1.82) is 10.5 Å². The normalized spacial score (nSPS) is 14.5. The number of nitriles is 2. The standard InChI is InChI=1S/C16H16N6O.2ClH/c17-9-13-4-5-15(21-11-13)20-7-6-19-12-16(23)22-8-2-1-3-14(22)10-18;;/h1-5,8,11,14,19H,6-7,12H2,(H,20,21);2*1H. The number of pyridine rings is 1. The van der Waals surface area contributed by atoms with Gasteiger partial charge >= 0.3 is 0 Å². The molecule has 132 valence electrons. The van der Waals surface area contributed by atoms with Crippen molar-refractivity contribution >= 4 is 36.5 Å². The number of nitrogens with one attached hydrogen (secondary N) is 2. The molecular weight excluding hydrogens is 363 g/mol. The first kappa shape index (κ1) is 22.4. The van der Waals surface area contributed by atoms with Gasteiger partial charge in [0.15, 0.2) is 0 Å². The van der Waals surface area contributed by atoms with Crippen molar-refractivity contribution < 1.29 is 4.79 Å². The van der Waals surface area contributed by atoms with E-state index in [1.54, 1.807) is 36.6 Å². The van der Waals surface area contributed by atoms with E-state index in [2.05, 4.69) is 21.7 Å². The topological polar surface area (TPSA) is 105 Å². The van der Waals surface area contributed by atoms with Crippen molar-refractivity contribution in [3.63, 3.8) is 0 Å². The van der Waals surface area contributed by atoms with Gasteiger partial charge in [-0.1, -0.05) is 6.08 Å². The fourth-order valence-corrected chi connectivity index (χ4v) is 1.97. The zero-order chi connectivity index (χ0) is 16.5. The third-order valence-corrected chi connectivity index (χ3v) is 3.15. The quantitative estimate of drug-likeness (QED) is 0.726. The van der Waals surface area contributed by atoms with Gasteiger partial charge in [0.1, 0.15) is 17.9 Å². The summed E-state index contributed by atoms with van der Waals surface area (Å²) in [6.07, 6.45) is 8.26. The first-order chi connectivity index (χ1) is 11.2. The highest BCUT2D eigenvalue weighted by atomic mass is 35.5. The zero-order valence-corrected chi connectivity index (χ0v) is 14.9. The molecule has 1 unspecified atom stereocenters. The summed E-state index contributed by atoms with van der Waals surface area (Å²) >= 11 is 0. The molecule has 25 heavy (non-hydrogen) atoms. The van der Waals surface area contributed by atoms with Crippen molar-refractivity contribution in [2.75, 3.05) is 25.0 Å². The van der Waals surface area contributed by atoms with Gasteiger partial charge in [0.2, 0.25) is 5.91 Å². The lowest BCUT2D eigenvalue weighted by molar-refractivity contribution is -0.128. The molecule has 1 aromatic heterocycles. The molecular formula is C16H18Cl2N6O. The number of amides is 1. The third kappa shape index (κ3) is 6.82. The lowest BCUT2D eigenvalue weighted by Gasteiger charge is -2.23. The molecule has 1 aliphatic heterocycles. The molecule has 2 rings (SSSR count). The maximum absolute atomic E-state index is 12.0. The highest BCUT2D eigenvalue weighted by Gasteiger charge is 2.19. The highest BCUT2D eigenvalue weighted by Crippen LogP contribution is 2.07. The Bertz CT molecular complexity index is 690. The zero-order valence-electron chi connectivity index (χ0n) is 13.3. The highest BCUT2D eigenvalue weighted by molar-refractivity contribution is 5.85. The fourth-order valence-electron chi connectivity index (χ4n) is 1.97. The van der Waals surface area contributed by atoms with Crippen LogP contribution in [0.4, 0.5) is 5.82 Å². The number of rotatable bonds is 6. The molecule has 0 saturated heterocycles. The molecule has 0 spiro atoms. The minimum absolute atomic E-state index is 0. The van der Waals surface area contributed by atoms with Crippen molar-refractivity contribution in [1.82, 2.24) is 15.2 Å². The summed E-state index contributed by atoms with van der Waals surface area (Å²) in [7, 11) is 0. The number of carbonyl (C=O) groups is 1. The van der Waals surface area contributed by atoms with Crippen molar-refractivity contribution in [3.05, 3.63) is 48.3 Å². The van der Waals surface area contributed by atoms with Gasteiger partial charge in [-0.2, -0.15) is 10.5 Å². The lowest BCUT2D eigenvalue weighted by Crippen LogP contribution is -2.41. The molecule has 7 nitrogen and oxygen atoms in total. The van der Waals surface area contributed by atoms with Crippen LogP contribution in [-0.2, 0) is 4.79 Å². The SMILES string of the molecule is Cl.Cl.N#Cc1ccc(NCCNCC(=O)N2C=CC=CC2C#N)nc1. The van der Waals surface area contributed by atoms with Gasteiger partial charge in [-0.25, -0.2) is 4.98 Å². The maximum atomic E-state index is 12.0. The lowest BCUT2D eigenvalue weighted by atomic mass is 10.2. The summed E-state index contributed by atoms with van der Waals surface area (Å²) in [5, 5.41) is 23.8. The maximum Gasteiger partial charge on any atom is 0.241 e. The van der Waals surface area contributed by atoms with Crippen LogP contribution in [0, 0.1) is 22.7 Å². The molecule has 0 saturated carbocycles. The molecule has 0 radical (unpaired) electrons.